The number of ketones is 2. The summed E-state index contributed by atoms with van der Waals surface area (Å²) in [5, 5.41) is 23.7. The van der Waals surface area contributed by atoms with Gasteiger partial charge in [-0.25, -0.2) is 4.39 Å². The van der Waals surface area contributed by atoms with Crippen LogP contribution in [0.5, 0.6) is 0 Å². The van der Waals surface area contributed by atoms with Crippen LogP contribution in [0, 0.1) is 28.5 Å². The molecule has 0 amide bonds. The molecule has 1 unspecified atom stereocenters. The molecule has 2 aliphatic carbocycles. The zero-order chi connectivity index (χ0) is 27.4. The van der Waals surface area contributed by atoms with Crippen LogP contribution in [0.3, 0.4) is 0 Å². The van der Waals surface area contributed by atoms with Crippen LogP contribution in [0.4, 0.5) is 4.39 Å². The van der Waals surface area contributed by atoms with E-state index in [2.05, 4.69) is 4.57 Å². The normalized spacial score (nSPS) is 28.0. The van der Waals surface area contributed by atoms with Gasteiger partial charge in [0.2, 0.25) is 0 Å². The summed E-state index contributed by atoms with van der Waals surface area (Å²) in [5.74, 6) is -2.62. The molecule has 2 saturated carbocycles. The number of nitrogens with zero attached hydrogens (tertiary/aromatic N) is 1. The first kappa shape index (κ1) is 26.8. The third-order valence-electron chi connectivity index (χ3n) is 8.62. The molecule has 2 N–H and O–H groups in total. The molecule has 0 radical (unpaired) electrons. The van der Waals surface area contributed by atoms with Crippen molar-refractivity contribution < 1.29 is 24.2 Å². The first-order chi connectivity index (χ1) is 17.8. The fourth-order valence-corrected chi connectivity index (χ4v) is 7.09. The van der Waals surface area contributed by atoms with Crippen LogP contribution >= 0.6 is 0 Å². The van der Waals surface area contributed by atoms with Gasteiger partial charge in [0.15, 0.2) is 0 Å². The Morgan fingerprint density at radius 3 is 1.92 bits per heavy atom. The topological polar surface area (TPSA) is 79.5 Å². The molecule has 5 rings (SSSR count). The number of aliphatic hydroxyl groups excluding tert-OH is 2. The van der Waals surface area contributed by atoms with Crippen LogP contribution in [0.2, 0.25) is 0 Å². The SMILES string of the molecule is CC1(C)CC(=O)[C@H](C(c2cn(Cc3ccc(F)cc3)c3ccccc23)[C@@H]2C(=O)CC(C)(C)C[C@@H]2O)[C@@H](O)C1. The van der Waals surface area contributed by atoms with Gasteiger partial charge in [0.1, 0.15) is 17.4 Å². The van der Waals surface area contributed by atoms with Gasteiger partial charge in [-0.3, -0.25) is 9.59 Å². The van der Waals surface area contributed by atoms with Gasteiger partial charge in [0, 0.05) is 42.4 Å². The minimum Gasteiger partial charge on any atom is -0.392 e. The fraction of sp³-hybridized carbons (Fsp3) is 0.500. The molecule has 202 valence electrons. The lowest BCUT2D eigenvalue weighted by molar-refractivity contribution is -0.144. The van der Waals surface area contributed by atoms with E-state index in [0.717, 1.165) is 22.0 Å². The maximum absolute atomic E-state index is 13.7. The van der Waals surface area contributed by atoms with Crippen molar-refractivity contribution in [2.24, 2.45) is 22.7 Å². The molecule has 0 saturated heterocycles. The smallest absolute Gasteiger partial charge is 0.139 e. The molecule has 1 aromatic heterocycles. The molecule has 2 aromatic carbocycles. The second-order valence-electron chi connectivity index (χ2n) is 13.1. The Morgan fingerprint density at radius 2 is 1.39 bits per heavy atom. The predicted octanol–water partition coefficient (Wildman–Crippen LogP) is 5.64. The number of Topliss-reactive ketones (excluding diaryl/α,β-unsaturated/α-hetero) is 2. The Kier molecular flexibility index (Phi) is 6.85. The average Bonchev–Trinajstić information content (AvgIpc) is 3.15. The number of halogens is 1. The molecule has 6 heteroatoms. The van der Waals surface area contributed by atoms with E-state index >= 15 is 0 Å². The number of aromatic nitrogens is 1. The molecule has 3 aromatic rings. The number of benzene rings is 2. The monoisotopic (exact) mass is 519 g/mol. The van der Waals surface area contributed by atoms with Crippen molar-refractivity contribution in [3.63, 3.8) is 0 Å². The van der Waals surface area contributed by atoms with Crippen LogP contribution < -0.4 is 0 Å². The number of hydrogen-bond acceptors (Lipinski definition) is 4. The number of aliphatic hydroxyl groups is 2. The van der Waals surface area contributed by atoms with E-state index < -0.39 is 30.0 Å². The van der Waals surface area contributed by atoms with E-state index in [4.69, 9.17) is 0 Å². The molecule has 2 fully saturated rings. The highest BCUT2D eigenvalue weighted by Gasteiger charge is 2.52. The minimum absolute atomic E-state index is 0.0565. The van der Waals surface area contributed by atoms with E-state index in [1.807, 2.05) is 58.2 Å². The third kappa shape index (κ3) is 5.08. The van der Waals surface area contributed by atoms with Crippen molar-refractivity contribution >= 4 is 22.5 Å². The van der Waals surface area contributed by atoms with E-state index in [1.54, 1.807) is 12.1 Å². The quantitative estimate of drug-likeness (QED) is 0.457. The number of rotatable bonds is 5. The first-order valence-electron chi connectivity index (χ1n) is 13.6. The lowest BCUT2D eigenvalue weighted by atomic mass is 9.58. The molecule has 2 aliphatic rings. The molecular weight excluding hydrogens is 481 g/mol. The number of fused-ring (bicyclic) bond motifs is 1. The number of para-hydroxylation sites is 1. The second-order valence-corrected chi connectivity index (χ2v) is 13.1. The van der Waals surface area contributed by atoms with Crippen LogP contribution in [-0.2, 0) is 16.1 Å². The highest BCUT2D eigenvalue weighted by molar-refractivity contribution is 5.92. The van der Waals surface area contributed by atoms with Crippen molar-refractivity contribution in [2.75, 3.05) is 0 Å². The largest absolute Gasteiger partial charge is 0.392 e. The highest BCUT2D eigenvalue weighted by atomic mass is 19.1. The van der Waals surface area contributed by atoms with Crippen LogP contribution in [0.15, 0.2) is 54.7 Å². The highest BCUT2D eigenvalue weighted by Crippen LogP contribution is 2.51. The first-order valence-corrected chi connectivity index (χ1v) is 13.6. The van der Waals surface area contributed by atoms with E-state index in [-0.39, 0.29) is 28.2 Å². The van der Waals surface area contributed by atoms with Gasteiger partial charge in [0.05, 0.1) is 24.0 Å². The van der Waals surface area contributed by atoms with E-state index in [1.165, 1.54) is 12.1 Å². The zero-order valence-corrected chi connectivity index (χ0v) is 22.7. The second kappa shape index (κ2) is 9.73. The zero-order valence-electron chi connectivity index (χ0n) is 22.7. The standard InChI is InChI=1S/C32H38FNO4/c1-31(2)13-24(35)29(25(36)14-31)28(30-26(37)15-32(3,4)16-27(30)38)22-18-34(23-8-6-5-7-21(22)23)17-19-9-11-20(33)12-10-19/h5-12,18,24,26,28-30,35,37H,13-17H2,1-4H3/t24-,26-,28?,29-,30+/m0/s1. The summed E-state index contributed by atoms with van der Waals surface area (Å²) in [6.07, 6.45) is 1.70. The van der Waals surface area contributed by atoms with Crippen molar-refractivity contribution in [2.45, 2.75) is 78.0 Å². The van der Waals surface area contributed by atoms with Gasteiger partial charge in [-0.1, -0.05) is 58.0 Å². The van der Waals surface area contributed by atoms with E-state index in [9.17, 15) is 24.2 Å². The van der Waals surface area contributed by atoms with Crippen LogP contribution in [-0.4, -0.2) is 38.6 Å². The van der Waals surface area contributed by atoms with Crippen molar-refractivity contribution in [1.82, 2.24) is 4.57 Å². The summed E-state index contributed by atoms with van der Waals surface area (Å²) in [4.78, 5) is 27.4. The van der Waals surface area contributed by atoms with Gasteiger partial charge < -0.3 is 14.8 Å². The summed E-state index contributed by atoms with van der Waals surface area (Å²) in [7, 11) is 0. The van der Waals surface area contributed by atoms with Gasteiger partial charge in [-0.05, 0) is 53.0 Å². The Hall–Kier alpha value is -2.83. The number of hydrogen-bond donors (Lipinski definition) is 2. The molecule has 0 aliphatic heterocycles. The van der Waals surface area contributed by atoms with E-state index in [0.29, 0.717) is 32.2 Å². The summed E-state index contributed by atoms with van der Waals surface area (Å²) >= 11 is 0. The minimum atomic E-state index is -0.912. The van der Waals surface area contributed by atoms with Crippen LogP contribution in [0.25, 0.3) is 10.9 Å². The Bertz CT molecular complexity index is 1310. The van der Waals surface area contributed by atoms with Gasteiger partial charge in [-0.2, -0.15) is 0 Å². The molecule has 0 spiro atoms. The van der Waals surface area contributed by atoms with Gasteiger partial charge >= 0.3 is 0 Å². The lowest BCUT2D eigenvalue weighted by Gasteiger charge is -2.46. The van der Waals surface area contributed by atoms with Crippen molar-refractivity contribution in [3.8, 4) is 0 Å². The Labute approximate surface area is 223 Å². The van der Waals surface area contributed by atoms with Crippen molar-refractivity contribution in [1.29, 1.82) is 0 Å². The maximum atomic E-state index is 13.7. The molecule has 0 bridgehead atoms. The molecular formula is C32H38FNO4. The Morgan fingerprint density at radius 1 is 0.868 bits per heavy atom. The summed E-state index contributed by atoms with van der Waals surface area (Å²) in [6, 6.07) is 14.2. The Balaban J connectivity index is 1.66. The number of carbonyl (C=O) groups excluding carboxylic acids is 2. The maximum Gasteiger partial charge on any atom is 0.139 e. The summed E-state index contributed by atoms with van der Waals surface area (Å²) in [5.41, 5.74) is 1.99. The summed E-state index contributed by atoms with van der Waals surface area (Å²) < 4.78 is 15.6. The number of carbonyl (C=O) groups is 2. The lowest BCUT2D eigenvalue weighted by Crippen LogP contribution is -2.51. The average molecular weight is 520 g/mol. The van der Waals surface area contributed by atoms with Gasteiger partial charge in [-0.15, -0.1) is 0 Å². The van der Waals surface area contributed by atoms with Crippen molar-refractivity contribution in [3.05, 3.63) is 71.7 Å². The third-order valence-corrected chi connectivity index (χ3v) is 8.62. The molecule has 5 atom stereocenters. The molecule has 1 heterocycles. The fourth-order valence-electron chi connectivity index (χ4n) is 7.09. The molecule has 5 nitrogen and oxygen atoms in total. The predicted molar refractivity (Wildman–Crippen MR) is 145 cm³/mol. The molecule has 38 heavy (non-hydrogen) atoms. The summed E-state index contributed by atoms with van der Waals surface area (Å²) in [6.45, 7) is 8.41. The van der Waals surface area contributed by atoms with Crippen LogP contribution in [0.1, 0.15) is 70.4 Å². The van der Waals surface area contributed by atoms with Gasteiger partial charge in [0.25, 0.3) is 0 Å².